The number of aryl methyl sites for hydroxylation is 1. The van der Waals surface area contributed by atoms with Crippen LogP contribution in [-0.2, 0) is 4.79 Å². The summed E-state index contributed by atoms with van der Waals surface area (Å²) in [6, 6.07) is 14.2. The predicted octanol–water partition coefficient (Wildman–Crippen LogP) is 5.16. The van der Waals surface area contributed by atoms with Gasteiger partial charge in [-0.3, -0.25) is 14.5 Å². The quantitative estimate of drug-likeness (QED) is 0.384. The first-order valence-corrected chi connectivity index (χ1v) is 11.6. The lowest BCUT2D eigenvalue weighted by Crippen LogP contribution is -2.30. The van der Waals surface area contributed by atoms with Gasteiger partial charge in [0.05, 0.1) is 33.8 Å². The number of hydrogen-bond donors (Lipinski definition) is 2. The van der Waals surface area contributed by atoms with Crippen molar-refractivity contribution in [1.29, 1.82) is 0 Å². The Morgan fingerprint density at radius 1 is 1.06 bits per heavy atom. The number of aliphatic hydroxyl groups is 1. The Kier molecular flexibility index (Phi) is 5.15. The van der Waals surface area contributed by atoms with Crippen LogP contribution in [0.25, 0.3) is 10.2 Å². The molecule has 1 aliphatic heterocycles. The summed E-state index contributed by atoms with van der Waals surface area (Å²) < 4.78 is 6.08. The Bertz CT molecular complexity index is 1430. The van der Waals surface area contributed by atoms with Gasteiger partial charge in [-0.25, -0.2) is 4.98 Å². The van der Waals surface area contributed by atoms with Gasteiger partial charge in [-0.2, -0.15) is 0 Å². The topological polar surface area (TPSA) is 100.0 Å². The molecule has 1 amide bonds. The molecule has 5 rings (SSSR count). The van der Waals surface area contributed by atoms with Crippen LogP contribution in [0.3, 0.4) is 0 Å². The molecule has 3 heterocycles. The molecule has 1 atom stereocenters. The number of benzene rings is 2. The third kappa shape index (κ3) is 3.55. The third-order valence-corrected chi connectivity index (χ3v) is 7.43. The van der Waals surface area contributed by atoms with Gasteiger partial charge < -0.3 is 14.9 Å². The van der Waals surface area contributed by atoms with Crippen LogP contribution < -0.4 is 9.64 Å². The van der Waals surface area contributed by atoms with Crippen LogP contribution in [0.2, 0.25) is 0 Å². The summed E-state index contributed by atoms with van der Waals surface area (Å²) >= 11 is 2.56. The number of carbonyl (C=O) groups excluding carboxylic acids is 2. The third-order valence-electron chi connectivity index (χ3n) is 5.42. The van der Waals surface area contributed by atoms with Gasteiger partial charge >= 0.3 is 0 Å². The number of phenolic OH excluding ortho intramolecular Hbond substituents is 1. The molecule has 0 saturated carbocycles. The highest BCUT2D eigenvalue weighted by molar-refractivity contribution is 7.22. The zero-order valence-corrected chi connectivity index (χ0v) is 19.2. The number of thiazole rings is 1. The van der Waals surface area contributed by atoms with Crippen molar-refractivity contribution in [2.45, 2.75) is 13.0 Å². The van der Waals surface area contributed by atoms with E-state index in [-0.39, 0.29) is 11.3 Å². The van der Waals surface area contributed by atoms with Crippen molar-refractivity contribution in [3.63, 3.8) is 0 Å². The summed E-state index contributed by atoms with van der Waals surface area (Å²) in [5, 5.41) is 21.0. The first kappa shape index (κ1) is 21.2. The van der Waals surface area contributed by atoms with E-state index in [0.717, 1.165) is 9.58 Å². The van der Waals surface area contributed by atoms with Gasteiger partial charge in [-0.05, 0) is 55.0 Å². The van der Waals surface area contributed by atoms with Crippen molar-refractivity contribution in [1.82, 2.24) is 4.98 Å². The summed E-state index contributed by atoms with van der Waals surface area (Å²) in [6.45, 7) is 1.88. The lowest BCUT2D eigenvalue weighted by molar-refractivity contribution is -0.117. The lowest BCUT2D eigenvalue weighted by atomic mass is 9.95. The van der Waals surface area contributed by atoms with E-state index in [1.807, 2.05) is 19.1 Å². The molecule has 2 aromatic heterocycles. The van der Waals surface area contributed by atoms with Gasteiger partial charge in [0.1, 0.15) is 11.5 Å². The first-order chi connectivity index (χ1) is 15.9. The fraction of sp³-hybridized carbons (Fsp3) is 0.125. The molecule has 0 aliphatic carbocycles. The maximum absolute atomic E-state index is 13.4. The number of methoxy groups -OCH3 is 1. The second-order valence-electron chi connectivity index (χ2n) is 7.50. The van der Waals surface area contributed by atoms with Gasteiger partial charge in [0.2, 0.25) is 5.78 Å². The molecule has 1 aliphatic rings. The number of ketones is 1. The molecule has 166 valence electrons. The van der Waals surface area contributed by atoms with Crippen molar-refractivity contribution in [3.05, 3.63) is 81.2 Å². The van der Waals surface area contributed by atoms with Crippen LogP contribution in [0.4, 0.5) is 5.13 Å². The Morgan fingerprint density at radius 3 is 2.48 bits per heavy atom. The fourth-order valence-electron chi connectivity index (χ4n) is 3.82. The van der Waals surface area contributed by atoms with E-state index < -0.39 is 23.5 Å². The molecule has 33 heavy (non-hydrogen) atoms. The van der Waals surface area contributed by atoms with Crippen molar-refractivity contribution >= 4 is 49.7 Å². The number of amides is 1. The summed E-state index contributed by atoms with van der Waals surface area (Å²) in [5.41, 5.74) is 1.23. The number of Topliss-reactive ketones (excluding diaryl/α,β-unsaturated/α-hetero) is 1. The fourth-order valence-corrected chi connectivity index (χ4v) is 5.66. The van der Waals surface area contributed by atoms with E-state index in [0.29, 0.717) is 26.8 Å². The standard InChI is InChI=1S/C24H18N2O5S2/c1-12-3-10-17(32-12)21(28)19-20(13-4-6-14(27)7-5-13)26(23(30)22(19)29)24-25-16-9-8-15(31-2)11-18(16)33-24/h3-11,20,27,29H,1-2H3. The molecule has 0 bridgehead atoms. The Hall–Kier alpha value is -3.69. The molecule has 9 heteroatoms. The number of fused-ring (bicyclic) bond motifs is 1. The van der Waals surface area contributed by atoms with Gasteiger partial charge in [0, 0.05) is 4.88 Å². The Morgan fingerprint density at radius 2 is 1.82 bits per heavy atom. The number of ether oxygens (including phenoxy) is 1. The maximum Gasteiger partial charge on any atom is 0.296 e. The van der Waals surface area contributed by atoms with Crippen LogP contribution in [0.1, 0.15) is 26.2 Å². The number of phenols is 1. The second kappa shape index (κ2) is 8.02. The van der Waals surface area contributed by atoms with E-state index in [1.165, 1.54) is 39.7 Å². The average molecular weight is 479 g/mol. The van der Waals surface area contributed by atoms with Crippen LogP contribution in [0.15, 0.2) is 65.9 Å². The predicted molar refractivity (Wildman–Crippen MR) is 128 cm³/mol. The van der Waals surface area contributed by atoms with Crippen molar-refractivity contribution in [2.75, 3.05) is 12.0 Å². The van der Waals surface area contributed by atoms with E-state index in [2.05, 4.69) is 4.98 Å². The minimum Gasteiger partial charge on any atom is -0.508 e. The molecular formula is C24H18N2O5S2. The monoisotopic (exact) mass is 478 g/mol. The number of carbonyl (C=O) groups is 2. The van der Waals surface area contributed by atoms with Crippen molar-refractivity contribution < 1.29 is 24.5 Å². The van der Waals surface area contributed by atoms with Gasteiger partial charge in [-0.1, -0.05) is 23.5 Å². The van der Waals surface area contributed by atoms with Gasteiger partial charge in [0.25, 0.3) is 5.91 Å². The van der Waals surface area contributed by atoms with Crippen LogP contribution >= 0.6 is 22.7 Å². The van der Waals surface area contributed by atoms with E-state index in [1.54, 1.807) is 37.4 Å². The Balaban J connectivity index is 1.66. The summed E-state index contributed by atoms with van der Waals surface area (Å²) in [6.07, 6.45) is 0. The molecule has 0 radical (unpaired) electrons. The SMILES string of the molecule is COc1ccc2nc(N3C(=O)C(O)=C(C(=O)c4ccc(C)s4)C3c3ccc(O)cc3)sc2c1. The summed E-state index contributed by atoms with van der Waals surface area (Å²) in [7, 11) is 1.57. The van der Waals surface area contributed by atoms with Crippen LogP contribution in [-0.4, -0.2) is 34.0 Å². The zero-order valence-electron chi connectivity index (χ0n) is 17.6. The van der Waals surface area contributed by atoms with E-state index >= 15 is 0 Å². The normalized spacial score (nSPS) is 16.1. The average Bonchev–Trinajstić information content (AvgIpc) is 3.49. The minimum absolute atomic E-state index is 0.00984. The van der Waals surface area contributed by atoms with Crippen molar-refractivity contribution in [3.8, 4) is 11.5 Å². The number of nitrogens with zero attached hydrogens (tertiary/aromatic N) is 2. The highest BCUT2D eigenvalue weighted by atomic mass is 32.1. The van der Waals surface area contributed by atoms with Crippen molar-refractivity contribution in [2.24, 2.45) is 0 Å². The molecule has 2 aromatic carbocycles. The highest BCUT2D eigenvalue weighted by Gasteiger charge is 2.46. The van der Waals surface area contributed by atoms with Crippen LogP contribution in [0.5, 0.6) is 11.5 Å². The molecule has 0 saturated heterocycles. The molecule has 2 N–H and O–H groups in total. The summed E-state index contributed by atoms with van der Waals surface area (Å²) in [4.78, 5) is 34.0. The van der Waals surface area contributed by atoms with E-state index in [9.17, 15) is 19.8 Å². The summed E-state index contributed by atoms with van der Waals surface area (Å²) in [5.74, 6) is -0.999. The van der Waals surface area contributed by atoms with E-state index in [4.69, 9.17) is 4.74 Å². The number of thiophene rings is 1. The maximum atomic E-state index is 13.4. The minimum atomic E-state index is -0.893. The Labute approximate surface area is 196 Å². The molecule has 4 aromatic rings. The molecule has 7 nitrogen and oxygen atoms in total. The number of aromatic nitrogens is 1. The second-order valence-corrected chi connectivity index (χ2v) is 9.80. The zero-order chi connectivity index (χ0) is 23.3. The van der Waals surface area contributed by atoms with Crippen LogP contribution in [0, 0.1) is 6.92 Å². The number of aromatic hydroxyl groups is 1. The lowest BCUT2D eigenvalue weighted by Gasteiger charge is -2.24. The molecule has 0 fully saturated rings. The smallest absolute Gasteiger partial charge is 0.296 e. The number of aliphatic hydroxyl groups excluding tert-OH is 1. The molecular weight excluding hydrogens is 460 g/mol. The number of anilines is 1. The van der Waals surface area contributed by atoms with Gasteiger partial charge in [0.15, 0.2) is 10.9 Å². The largest absolute Gasteiger partial charge is 0.508 e. The number of hydrogen-bond acceptors (Lipinski definition) is 8. The van der Waals surface area contributed by atoms with Gasteiger partial charge in [-0.15, -0.1) is 11.3 Å². The highest BCUT2D eigenvalue weighted by Crippen LogP contribution is 2.45. The molecule has 1 unspecified atom stereocenters. The first-order valence-electron chi connectivity index (χ1n) is 9.98. The number of rotatable bonds is 5. The molecule has 0 spiro atoms.